The zero-order chi connectivity index (χ0) is 9.14. The first-order valence-electron chi connectivity index (χ1n) is 3.93. The normalized spacial score (nSPS) is 16.0. The lowest BCUT2D eigenvalue weighted by Crippen LogP contribution is -2.17. The van der Waals surface area contributed by atoms with Crippen LogP contribution in [0.15, 0.2) is 5.38 Å². The first-order chi connectivity index (χ1) is 5.65. The van der Waals surface area contributed by atoms with Crippen LogP contribution in [-0.4, -0.2) is 21.3 Å². The van der Waals surface area contributed by atoms with Crippen molar-refractivity contribution in [1.82, 2.24) is 4.98 Å². The van der Waals surface area contributed by atoms with E-state index in [0.717, 1.165) is 5.01 Å². The predicted molar refractivity (Wildman–Crippen MR) is 48.1 cm³/mol. The molecule has 0 aliphatic heterocycles. The second-order valence-electron chi connectivity index (χ2n) is 2.71. The molecular weight excluding hydrogens is 174 g/mol. The monoisotopic (exact) mass is 187 g/mol. The maximum absolute atomic E-state index is 9.50. The van der Waals surface area contributed by atoms with Crippen LogP contribution in [0.3, 0.4) is 0 Å². The molecule has 1 heterocycles. The number of aromatic nitrogens is 1. The van der Waals surface area contributed by atoms with Crippen molar-refractivity contribution < 1.29 is 10.2 Å². The van der Waals surface area contributed by atoms with Crippen molar-refractivity contribution in [3.63, 3.8) is 0 Å². The van der Waals surface area contributed by atoms with Crippen LogP contribution >= 0.6 is 11.3 Å². The number of hydrogen-bond donors (Lipinski definition) is 2. The fourth-order valence-electron chi connectivity index (χ4n) is 0.936. The second kappa shape index (κ2) is 3.98. The van der Waals surface area contributed by atoms with E-state index in [0.29, 0.717) is 12.1 Å². The van der Waals surface area contributed by atoms with E-state index in [2.05, 4.69) is 4.98 Å². The van der Waals surface area contributed by atoms with Crippen LogP contribution in [0.1, 0.15) is 30.2 Å². The summed E-state index contributed by atoms with van der Waals surface area (Å²) >= 11 is 1.48. The summed E-state index contributed by atoms with van der Waals surface area (Å²) in [7, 11) is 0. The molecule has 1 aromatic heterocycles. The van der Waals surface area contributed by atoms with Gasteiger partial charge in [0, 0.05) is 5.38 Å². The van der Waals surface area contributed by atoms with E-state index < -0.39 is 12.2 Å². The summed E-state index contributed by atoms with van der Waals surface area (Å²) in [5.41, 5.74) is 0.576. The molecule has 0 saturated carbocycles. The number of aryl methyl sites for hydroxylation is 1. The van der Waals surface area contributed by atoms with E-state index in [-0.39, 0.29) is 0 Å². The van der Waals surface area contributed by atoms with Crippen molar-refractivity contribution in [3.05, 3.63) is 16.1 Å². The Kier molecular flexibility index (Phi) is 3.20. The van der Waals surface area contributed by atoms with Gasteiger partial charge in [-0.2, -0.15) is 0 Å². The van der Waals surface area contributed by atoms with Gasteiger partial charge < -0.3 is 10.2 Å². The van der Waals surface area contributed by atoms with Crippen LogP contribution in [0, 0.1) is 6.92 Å². The van der Waals surface area contributed by atoms with Gasteiger partial charge in [0.15, 0.2) is 0 Å². The summed E-state index contributed by atoms with van der Waals surface area (Å²) in [5.74, 6) is 0. The molecule has 4 heteroatoms. The predicted octanol–water partition coefficient (Wildman–Crippen LogP) is 1.26. The Balaban J connectivity index is 2.70. The Morgan fingerprint density at radius 2 is 2.25 bits per heavy atom. The van der Waals surface area contributed by atoms with Crippen molar-refractivity contribution in [3.8, 4) is 0 Å². The number of aliphatic hydroxyl groups excluding tert-OH is 2. The van der Waals surface area contributed by atoms with Crippen LogP contribution in [0.5, 0.6) is 0 Å². The molecule has 68 valence electrons. The fraction of sp³-hybridized carbons (Fsp3) is 0.625. The largest absolute Gasteiger partial charge is 0.390 e. The van der Waals surface area contributed by atoms with Gasteiger partial charge in [-0.25, -0.2) is 4.98 Å². The molecule has 0 radical (unpaired) electrons. The highest BCUT2D eigenvalue weighted by atomic mass is 32.1. The molecule has 0 spiro atoms. The molecule has 2 atom stereocenters. The van der Waals surface area contributed by atoms with Crippen LogP contribution in [0.4, 0.5) is 0 Å². The molecule has 1 rings (SSSR count). The average molecular weight is 187 g/mol. The molecule has 1 aromatic rings. The van der Waals surface area contributed by atoms with Gasteiger partial charge in [0.2, 0.25) is 0 Å². The standard InChI is InChI=1S/C8H13NO2S/c1-3-7(10)8(11)6-4-12-5(2)9-6/h4,7-8,10-11H,3H2,1-2H3. The minimum absolute atomic E-state index is 0.539. The Morgan fingerprint density at radius 1 is 1.58 bits per heavy atom. The zero-order valence-electron chi connectivity index (χ0n) is 7.19. The third kappa shape index (κ3) is 2.03. The van der Waals surface area contributed by atoms with Gasteiger partial charge in [-0.05, 0) is 13.3 Å². The third-order valence-corrected chi connectivity index (χ3v) is 2.51. The highest BCUT2D eigenvalue weighted by molar-refractivity contribution is 7.09. The number of aliphatic hydroxyl groups is 2. The van der Waals surface area contributed by atoms with Crippen molar-refractivity contribution in [2.24, 2.45) is 0 Å². The molecule has 0 saturated heterocycles. The van der Waals surface area contributed by atoms with E-state index in [4.69, 9.17) is 0 Å². The number of thiazole rings is 1. The number of nitrogens with zero attached hydrogens (tertiary/aromatic N) is 1. The van der Waals surface area contributed by atoms with Crippen LogP contribution in [-0.2, 0) is 0 Å². The minimum Gasteiger partial charge on any atom is -0.390 e. The summed E-state index contributed by atoms with van der Waals surface area (Å²) in [4.78, 5) is 4.09. The van der Waals surface area contributed by atoms with E-state index in [1.807, 2.05) is 13.8 Å². The smallest absolute Gasteiger partial charge is 0.123 e. The van der Waals surface area contributed by atoms with E-state index >= 15 is 0 Å². The molecule has 0 aliphatic carbocycles. The molecule has 0 bridgehead atoms. The lowest BCUT2D eigenvalue weighted by molar-refractivity contribution is 0.0142. The Labute approximate surface area is 75.7 Å². The van der Waals surface area contributed by atoms with Crippen molar-refractivity contribution >= 4 is 11.3 Å². The SMILES string of the molecule is CCC(O)C(O)c1csc(C)n1. The topological polar surface area (TPSA) is 53.4 Å². The maximum Gasteiger partial charge on any atom is 0.123 e. The van der Waals surface area contributed by atoms with Gasteiger partial charge in [-0.1, -0.05) is 6.92 Å². The third-order valence-electron chi connectivity index (χ3n) is 1.72. The van der Waals surface area contributed by atoms with Gasteiger partial charge in [0.1, 0.15) is 6.10 Å². The first-order valence-corrected chi connectivity index (χ1v) is 4.81. The van der Waals surface area contributed by atoms with Gasteiger partial charge in [0.25, 0.3) is 0 Å². The maximum atomic E-state index is 9.50. The van der Waals surface area contributed by atoms with E-state index in [1.165, 1.54) is 11.3 Å². The highest BCUT2D eigenvalue weighted by Gasteiger charge is 2.18. The number of rotatable bonds is 3. The molecule has 0 amide bonds. The van der Waals surface area contributed by atoms with Gasteiger partial charge >= 0.3 is 0 Å². The van der Waals surface area contributed by atoms with Crippen LogP contribution in [0.25, 0.3) is 0 Å². The molecule has 0 aromatic carbocycles. The fourth-order valence-corrected chi connectivity index (χ4v) is 1.58. The molecule has 0 aliphatic rings. The van der Waals surface area contributed by atoms with Crippen molar-refractivity contribution in [1.29, 1.82) is 0 Å². The van der Waals surface area contributed by atoms with Gasteiger partial charge in [-0.3, -0.25) is 0 Å². The number of hydrogen-bond acceptors (Lipinski definition) is 4. The summed E-state index contributed by atoms with van der Waals surface area (Å²) in [6.07, 6.45) is -0.996. The van der Waals surface area contributed by atoms with Crippen molar-refractivity contribution in [2.45, 2.75) is 32.5 Å². The molecular formula is C8H13NO2S. The molecule has 3 nitrogen and oxygen atoms in total. The van der Waals surface area contributed by atoms with Crippen LogP contribution in [0.2, 0.25) is 0 Å². The summed E-state index contributed by atoms with van der Waals surface area (Å²) < 4.78 is 0. The summed E-state index contributed by atoms with van der Waals surface area (Å²) in [5, 5.41) is 21.5. The lowest BCUT2D eigenvalue weighted by Gasteiger charge is -2.13. The quantitative estimate of drug-likeness (QED) is 0.749. The first kappa shape index (κ1) is 9.64. The highest BCUT2D eigenvalue weighted by Crippen LogP contribution is 2.20. The van der Waals surface area contributed by atoms with E-state index in [9.17, 15) is 10.2 Å². The molecule has 12 heavy (non-hydrogen) atoms. The molecule has 0 fully saturated rings. The second-order valence-corrected chi connectivity index (χ2v) is 3.77. The Morgan fingerprint density at radius 3 is 2.67 bits per heavy atom. The minimum atomic E-state index is -0.833. The summed E-state index contributed by atoms with van der Waals surface area (Å²) in [6.45, 7) is 3.70. The van der Waals surface area contributed by atoms with Crippen molar-refractivity contribution in [2.75, 3.05) is 0 Å². The molecule has 2 unspecified atom stereocenters. The Bertz CT molecular complexity index is 249. The van der Waals surface area contributed by atoms with Gasteiger partial charge in [0.05, 0.1) is 16.8 Å². The van der Waals surface area contributed by atoms with Gasteiger partial charge in [-0.15, -0.1) is 11.3 Å². The molecule has 2 N–H and O–H groups in total. The Hall–Kier alpha value is -0.450. The lowest BCUT2D eigenvalue weighted by atomic mass is 10.1. The zero-order valence-corrected chi connectivity index (χ0v) is 8.01. The average Bonchev–Trinajstić information content (AvgIpc) is 2.49. The van der Waals surface area contributed by atoms with Crippen LogP contribution < -0.4 is 0 Å². The summed E-state index contributed by atoms with van der Waals surface area (Å²) in [6, 6.07) is 0. The van der Waals surface area contributed by atoms with E-state index in [1.54, 1.807) is 5.38 Å².